The number of piperazine rings is 1. The molecule has 0 aromatic carbocycles. The quantitative estimate of drug-likeness (QED) is 0.824. The van der Waals surface area contributed by atoms with Crippen LogP contribution in [0.5, 0.6) is 0 Å². The zero-order chi connectivity index (χ0) is 18.8. The maximum absolute atomic E-state index is 4.77. The highest BCUT2D eigenvalue weighted by Crippen LogP contribution is 2.33. The van der Waals surface area contributed by atoms with E-state index in [2.05, 4.69) is 53.3 Å². The number of anilines is 1. The van der Waals surface area contributed by atoms with E-state index >= 15 is 0 Å². The van der Waals surface area contributed by atoms with Gasteiger partial charge in [0, 0.05) is 62.3 Å². The van der Waals surface area contributed by atoms with Gasteiger partial charge in [0.05, 0.1) is 0 Å². The van der Waals surface area contributed by atoms with Crippen molar-refractivity contribution in [3.8, 4) is 0 Å². The van der Waals surface area contributed by atoms with E-state index in [9.17, 15) is 0 Å². The largest absolute Gasteiger partial charge is 0.332 e. The summed E-state index contributed by atoms with van der Waals surface area (Å²) in [5.41, 5.74) is 1.23. The number of hydrogen-bond donors (Lipinski definition) is 1. The van der Waals surface area contributed by atoms with Crippen molar-refractivity contribution in [3.05, 3.63) is 18.0 Å². The van der Waals surface area contributed by atoms with Crippen molar-refractivity contribution in [2.75, 3.05) is 44.7 Å². The Kier molecular flexibility index (Phi) is 5.95. The number of nitrogens with one attached hydrogen (secondary N) is 1. The van der Waals surface area contributed by atoms with Gasteiger partial charge in [0.1, 0.15) is 0 Å². The van der Waals surface area contributed by atoms with Gasteiger partial charge in [-0.15, -0.1) is 0 Å². The molecule has 2 atom stereocenters. The Labute approximate surface area is 164 Å². The molecule has 4 rings (SSSR count). The van der Waals surface area contributed by atoms with Crippen molar-refractivity contribution in [2.24, 2.45) is 5.92 Å². The van der Waals surface area contributed by atoms with Gasteiger partial charge in [0.2, 0.25) is 5.95 Å². The predicted molar refractivity (Wildman–Crippen MR) is 110 cm³/mol. The number of hydrogen-bond acceptors (Lipinski definition) is 6. The molecule has 3 aliphatic rings. The maximum atomic E-state index is 4.77. The third kappa shape index (κ3) is 4.44. The van der Waals surface area contributed by atoms with Crippen molar-refractivity contribution in [1.82, 2.24) is 25.1 Å². The van der Waals surface area contributed by atoms with Crippen LogP contribution in [0.1, 0.15) is 45.1 Å². The SMILES string of the molecule is CC(C)N1CC2CCC(C1)N2c1ncc(CN(C)CC2CCNCC2)cn1. The Balaban J connectivity index is 1.34. The maximum Gasteiger partial charge on any atom is 0.225 e. The van der Waals surface area contributed by atoms with E-state index in [1.807, 2.05) is 0 Å². The molecule has 0 radical (unpaired) electrons. The molecule has 6 nitrogen and oxygen atoms in total. The summed E-state index contributed by atoms with van der Waals surface area (Å²) in [4.78, 5) is 17.1. The number of likely N-dealkylation sites (tertiary alicyclic amines) is 1. The van der Waals surface area contributed by atoms with Gasteiger partial charge in [-0.25, -0.2) is 9.97 Å². The lowest BCUT2D eigenvalue weighted by Gasteiger charge is -2.42. The van der Waals surface area contributed by atoms with Crippen LogP contribution < -0.4 is 10.2 Å². The second-order valence-electron chi connectivity index (χ2n) is 9.12. The van der Waals surface area contributed by atoms with Gasteiger partial charge in [-0.2, -0.15) is 0 Å². The van der Waals surface area contributed by atoms with Gasteiger partial charge >= 0.3 is 0 Å². The average Bonchev–Trinajstić information content (AvgIpc) is 2.92. The first-order valence-electron chi connectivity index (χ1n) is 10.8. The third-order valence-corrected chi connectivity index (χ3v) is 6.64. The van der Waals surface area contributed by atoms with E-state index in [1.165, 1.54) is 50.9 Å². The lowest BCUT2D eigenvalue weighted by molar-refractivity contribution is 0.176. The molecule has 150 valence electrons. The first kappa shape index (κ1) is 19.1. The molecular weight excluding hydrogens is 336 g/mol. The zero-order valence-electron chi connectivity index (χ0n) is 17.3. The first-order chi connectivity index (χ1) is 13.1. The zero-order valence-corrected chi connectivity index (χ0v) is 17.3. The first-order valence-corrected chi connectivity index (χ1v) is 10.8. The van der Waals surface area contributed by atoms with Crippen molar-refractivity contribution in [2.45, 2.75) is 64.2 Å². The number of nitrogens with zero attached hydrogens (tertiary/aromatic N) is 5. The Morgan fingerprint density at radius 1 is 1.07 bits per heavy atom. The highest BCUT2D eigenvalue weighted by molar-refractivity contribution is 5.37. The van der Waals surface area contributed by atoms with Crippen LogP contribution >= 0.6 is 0 Å². The summed E-state index contributed by atoms with van der Waals surface area (Å²) < 4.78 is 0. The van der Waals surface area contributed by atoms with Crippen LogP contribution in [-0.4, -0.2) is 77.7 Å². The minimum atomic E-state index is 0.583. The van der Waals surface area contributed by atoms with Crippen LogP contribution in [0.3, 0.4) is 0 Å². The summed E-state index contributed by atoms with van der Waals surface area (Å²) >= 11 is 0. The van der Waals surface area contributed by atoms with Crippen LogP contribution in [0.2, 0.25) is 0 Å². The Morgan fingerprint density at radius 2 is 1.70 bits per heavy atom. The molecule has 2 bridgehead atoms. The molecule has 0 amide bonds. The van der Waals surface area contributed by atoms with Crippen molar-refractivity contribution < 1.29 is 0 Å². The number of fused-ring (bicyclic) bond motifs is 2. The number of rotatable bonds is 6. The van der Waals surface area contributed by atoms with E-state index in [0.29, 0.717) is 18.1 Å². The molecule has 3 fully saturated rings. The topological polar surface area (TPSA) is 47.5 Å². The Bertz CT molecular complexity index is 583. The van der Waals surface area contributed by atoms with Crippen LogP contribution in [0.15, 0.2) is 12.4 Å². The highest BCUT2D eigenvalue weighted by Gasteiger charge is 2.41. The number of aromatic nitrogens is 2. The molecule has 1 aromatic heterocycles. The van der Waals surface area contributed by atoms with Gasteiger partial charge in [-0.3, -0.25) is 4.90 Å². The van der Waals surface area contributed by atoms with Crippen molar-refractivity contribution in [1.29, 1.82) is 0 Å². The molecule has 4 heterocycles. The van der Waals surface area contributed by atoms with Gasteiger partial charge in [0.15, 0.2) is 0 Å². The second-order valence-corrected chi connectivity index (χ2v) is 9.12. The normalized spacial score (nSPS) is 27.1. The fourth-order valence-electron chi connectivity index (χ4n) is 5.13. The summed E-state index contributed by atoms with van der Waals surface area (Å²) in [6.07, 6.45) is 9.25. The minimum Gasteiger partial charge on any atom is -0.332 e. The summed E-state index contributed by atoms with van der Waals surface area (Å²) in [6.45, 7) is 11.4. The Morgan fingerprint density at radius 3 is 2.30 bits per heavy atom. The second kappa shape index (κ2) is 8.41. The Hall–Kier alpha value is -1.24. The summed E-state index contributed by atoms with van der Waals surface area (Å²) in [6, 6.07) is 1.80. The molecule has 3 saturated heterocycles. The molecule has 0 saturated carbocycles. The molecule has 0 aliphatic carbocycles. The monoisotopic (exact) mass is 372 g/mol. The molecule has 2 unspecified atom stereocenters. The van der Waals surface area contributed by atoms with Gasteiger partial charge in [-0.1, -0.05) is 0 Å². The lowest BCUT2D eigenvalue weighted by Crippen LogP contribution is -2.56. The van der Waals surface area contributed by atoms with Crippen LogP contribution in [0, 0.1) is 5.92 Å². The van der Waals surface area contributed by atoms with Crippen molar-refractivity contribution in [3.63, 3.8) is 0 Å². The van der Waals surface area contributed by atoms with Crippen molar-refractivity contribution >= 4 is 5.95 Å². The van der Waals surface area contributed by atoms with E-state index < -0.39 is 0 Å². The van der Waals surface area contributed by atoms with E-state index in [1.54, 1.807) is 0 Å². The fraction of sp³-hybridized carbons (Fsp3) is 0.810. The summed E-state index contributed by atoms with van der Waals surface area (Å²) in [5, 5.41) is 3.45. The predicted octanol–water partition coefficient (Wildman–Crippen LogP) is 1.97. The molecule has 1 aromatic rings. The summed E-state index contributed by atoms with van der Waals surface area (Å²) in [7, 11) is 2.22. The molecule has 1 N–H and O–H groups in total. The van der Waals surface area contributed by atoms with E-state index in [-0.39, 0.29) is 0 Å². The summed E-state index contributed by atoms with van der Waals surface area (Å²) in [5.74, 6) is 1.76. The highest BCUT2D eigenvalue weighted by atomic mass is 15.4. The van der Waals surface area contributed by atoms with Gasteiger partial charge < -0.3 is 15.1 Å². The average molecular weight is 373 g/mol. The molecule has 0 spiro atoms. The van der Waals surface area contributed by atoms with E-state index in [4.69, 9.17) is 9.97 Å². The fourth-order valence-corrected chi connectivity index (χ4v) is 5.13. The minimum absolute atomic E-state index is 0.583. The third-order valence-electron chi connectivity index (χ3n) is 6.64. The van der Waals surface area contributed by atoms with E-state index in [0.717, 1.165) is 31.5 Å². The standard InChI is InChI=1S/C21H36N6/c1-16(2)26-14-19-4-5-20(15-26)27(19)21-23-10-18(11-24-21)13-25(3)12-17-6-8-22-9-7-17/h10-11,16-17,19-20,22H,4-9,12-15H2,1-3H3. The smallest absolute Gasteiger partial charge is 0.225 e. The lowest BCUT2D eigenvalue weighted by atomic mass is 9.97. The van der Waals surface area contributed by atoms with Gasteiger partial charge in [0.25, 0.3) is 0 Å². The van der Waals surface area contributed by atoms with Gasteiger partial charge in [-0.05, 0) is 65.6 Å². The molecular formula is C21H36N6. The van der Waals surface area contributed by atoms with Crippen LogP contribution in [0.4, 0.5) is 5.95 Å². The molecule has 27 heavy (non-hydrogen) atoms. The number of piperidine rings is 1. The molecule has 6 heteroatoms. The van der Waals surface area contributed by atoms with Crippen LogP contribution in [-0.2, 0) is 6.54 Å². The molecule has 3 aliphatic heterocycles. The van der Waals surface area contributed by atoms with Crippen LogP contribution in [0.25, 0.3) is 0 Å².